The van der Waals surface area contributed by atoms with Gasteiger partial charge in [0.15, 0.2) is 5.75 Å². The molecule has 4 rings (SSSR count). The second-order valence-electron chi connectivity index (χ2n) is 6.63. The van der Waals surface area contributed by atoms with Crippen molar-refractivity contribution in [2.24, 2.45) is 0 Å². The average Bonchev–Trinajstić information content (AvgIpc) is 3.08. The zero-order chi connectivity index (χ0) is 21.1. The standard InChI is InChI=1S/C22H18N2O5S/c25-21-14-15-22(26)24(21)16-10-12-18(13-11-16)30(27,28)23-19-8-4-5-9-20(19)29-17-6-2-1-3-7-17/h1-13,23H,14-15H2. The highest BCUT2D eigenvalue weighted by atomic mass is 32.2. The van der Waals surface area contributed by atoms with E-state index in [2.05, 4.69) is 4.72 Å². The second kappa shape index (κ2) is 8.00. The summed E-state index contributed by atoms with van der Waals surface area (Å²) < 4.78 is 34.0. The zero-order valence-corrected chi connectivity index (χ0v) is 16.6. The number of anilines is 2. The molecule has 0 bridgehead atoms. The lowest BCUT2D eigenvalue weighted by Gasteiger charge is -2.15. The molecule has 1 saturated heterocycles. The van der Waals surface area contributed by atoms with Gasteiger partial charge in [0.2, 0.25) is 11.8 Å². The van der Waals surface area contributed by atoms with Crippen LogP contribution in [0, 0.1) is 0 Å². The summed E-state index contributed by atoms with van der Waals surface area (Å²) in [4.78, 5) is 24.8. The summed E-state index contributed by atoms with van der Waals surface area (Å²) in [6, 6.07) is 21.4. The monoisotopic (exact) mass is 422 g/mol. The van der Waals surface area contributed by atoms with Crippen molar-refractivity contribution in [2.75, 3.05) is 9.62 Å². The maximum atomic E-state index is 12.9. The van der Waals surface area contributed by atoms with Crippen molar-refractivity contribution in [1.29, 1.82) is 0 Å². The zero-order valence-electron chi connectivity index (χ0n) is 15.8. The Morgan fingerprint density at radius 3 is 2.03 bits per heavy atom. The van der Waals surface area contributed by atoms with Gasteiger partial charge in [-0.25, -0.2) is 8.42 Å². The molecule has 1 aliphatic rings. The van der Waals surface area contributed by atoms with E-state index in [4.69, 9.17) is 4.74 Å². The summed E-state index contributed by atoms with van der Waals surface area (Å²) in [5, 5.41) is 0. The van der Waals surface area contributed by atoms with E-state index in [1.165, 1.54) is 24.3 Å². The topological polar surface area (TPSA) is 92.8 Å². The maximum absolute atomic E-state index is 12.9. The molecule has 1 fully saturated rings. The lowest BCUT2D eigenvalue weighted by atomic mass is 10.3. The van der Waals surface area contributed by atoms with E-state index in [1.54, 1.807) is 36.4 Å². The molecule has 1 aliphatic heterocycles. The largest absolute Gasteiger partial charge is 0.455 e. The molecule has 3 aromatic rings. The van der Waals surface area contributed by atoms with Gasteiger partial charge in [0.25, 0.3) is 10.0 Å². The van der Waals surface area contributed by atoms with Crippen molar-refractivity contribution in [2.45, 2.75) is 17.7 Å². The van der Waals surface area contributed by atoms with Gasteiger partial charge in [-0.2, -0.15) is 0 Å². The van der Waals surface area contributed by atoms with Crippen LogP contribution in [0.3, 0.4) is 0 Å². The first-order valence-electron chi connectivity index (χ1n) is 9.25. The van der Waals surface area contributed by atoms with E-state index in [0.717, 1.165) is 4.90 Å². The number of hydrogen-bond acceptors (Lipinski definition) is 5. The summed E-state index contributed by atoms with van der Waals surface area (Å²) in [5.74, 6) is 0.354. The van der Waals surface area contributed by atoms with Crippen molar-refractivity contribution in [1.82, 2.24) is 0 Å². The minimum Gasteiger partial charge on any atom is -0.455 e. The SMILES string of the molecule is O=C1CCC(=O)N1c1ccc(S(=O)(=O)Nc2ccccc2Oc2ccccc2)cc1. The van der Waals surface area contributed by atoms with E-state index in [0.29, 0.717) is 17.2 Å². The van der Waals surface area contributed by atoms with E-state index < -0.39 is 10.0 Å². The quantitative estimate of drug-likeness (QED) is 0.608. The van der Waals surface area contributed by atoms with Gasteiger partial charge in [0, 0.05) is 12.8 Å². The Kier molecular flexibility index (Phi) is 5.24. The van der Waals surface area contributed by atoms with Crippen molar-refractivity contribution in [3.8, 4) is 11.5 Å². The number of benzene rings is 3. The van der Waals surface area contributed by atoms with Crippen LogP contribution in [-0.2, 0) is 19.6 Å². The number of imide groups is 1. The third-order valence-corrected chi connectivity index (χ3v) is 5.94. The first-order valence-corrected chi connectivity index (χ1v) is 10.7. The van der Waals surface area contributed by atoms with Crippen LogP contribution in [0.2, 0.25) is 0 Å². The molecule has 0 radical (unpaired) electrons. The fraction of sp³-hybridized carbons (Fsp3) is 0.0909. The Balaban J connectivity index is 1.57. The molecule has 2 amide bonds. The molecule has 8 heteroatoms. The van der Waals surface area contributed by atoms with E-state index >= 15 is 0 Å². The van der Waals surface area contributed by atoms with Crippen molar-refractivity contribution < 1.29 is 22.7 Å². The normalized spacial score (nSPS) is 14.1. The van der Waals surface area contributed by atoms with Gasteiger partial charge < -0.3 is 4.74 Å². The van der Waals surface area contributed by atoms with Gasteiger partial charge in [-0.1, -0.05) is 30.3 Å². The fourth-order valence-corrected chi connectivity index (χ4v) is 4.17. The second-order valence-corrected chi connectivity index (χ2v) is 8.32. The number of hydrogen-bond donors (Lipinski definition) is 1. The van der Waals surface area contributed by atoms with Gasteiger partial charge in [0.05, 0.1) is 16.3 Å². The third kappa shape index (κ3) is 4.04. The minimum absolute atomic E-state index is 0.000130. The number of para-hydroxylation sites is 3. The van der Waals surface area contributed by atoms with Crippen LogP contribution in [0.5, 0.6) is 11.5 Å². The van der Waals surface area contributed by atoms with Crippen LogP contribution in [-0.4, -0.2) is 20.2 Å². The number of nitrogens with zero attached hydrogens (tertiary/aromatic N) is 1. The number of sulfonamides is 1. The van der Waals surface area contributed by atoms with E-state index in [9.17, 15) is 18.0 Å². The number of carbonyl (C=O) groups is 2. The van der Waals surface area contributed by atoms with Gasteiger partial charge in [-0.15, -0.1) is 0 Å². The first kappa shape index (κ1) is 19.7. The smallest absolute Gasteiger partial charge is 0.262 e. The Bertz CT molecular complexity index is 1180. The Morgan fingerprint density at radius 1 is 0.767 bits per heavy atom. The van der Waals surface area contributed by atoms with Gasteiger partial charge in [0.1, 0.15) is 5.75 Å². The van der Waals surface area contributed by atoms with Crippen LogP contribution >= 0.6 is 0 Å². The van der Waals surface area contributed by atoms with Crippen LogP contribution in [0.4, 0.5) is 11.4 Å². The number of ether oxygens (including phenoxy) is 1. The Labute approximate surface area is 174 Å². The number of rotatable bonds is 6. The number of nitrogens with one attached hydrogen (secondary N) is 1. The van der Waals surface area contributed by atoms with Crippen LogP contribution in [0.15, 0.2) is 83.8 Å². The van der Waals surface area contributed by atoms with Crippen LogP contribution < -0.4 is 14.4 Å². The summed E-state index contributed by atoms with van der Waals surface area (Å²) in [5.41, 5.74) is 0.643. The van der Waals surface area contributed by atoms with Gasteiger partial charge in [-0.05, 0) is 48.5 Å². The summed E-state index contributed by atoms with van der Waals surface area (Å²) in [6.45, 7) is 0. The molecular formula is C22H18N2O5S. The van der Waals surface area contributed by atoms with Crippen LogP contribution in [0.25, 0.3) is 0 Å². The van der Waals surface area contributed by atoms with E-state index in [1.807, 2.05) is 18.2 Å². The Morgan fingerprint density at radius 2 is 1.37 bits per heavy atom. The lowest BCUT2D eigenvalue weighted by Crippen LogP contribution is -2.28. The van der Waals surface area contributed by atoms with Crippen molar-refractivity contribution in [3.63, 3.8) is 0 Å². The molecule has 152 valence electrons. The molecule has 0 saturated carbocycles. The van der Waals surface area contributed by atoms with Crippen LogP contribution in [0.1, 0.15) is 12.8 Å². The van der Waals surface area contributed by atoms with Crippen molar-refractivity contribution in [3.05, 3.63) is 78.9 Å². The highest BCUT2D eigenvalue weighted by molar-refractivity contribution is 7.92. The molecule has 0 atom stereocenters. The summed E-state index contributed by atoms with van der Waals surface area (Å²) in [7, 11) is -3.91. The molecule has 0 aliphatic carbocycles. The predicted molar refractivity (Wildman–Crippen MR) is 112 cm³/mol. The lowest BCUT2D eigenvalue weighted by molar-refractivity contribution is -0.121. The molecule has 1 heterocycles. The predicted octanol–water partition coefficient (Wildman–Crippen LogP) is 3.93. The summed E-state index contributed by atoms with van der Waals surface area (Å²) in [6.07, 6.45) is 0.331. The molecule has 3 aromatic carbocycles. The molecular weight excluding hydrogens is 404 g/mol. The molecule has 0 unspecified atom stereocenters. The third-order valence-electron chi connectivity index (χ3n) is 4.56. The first-order chi connectivity index (χ1) is 14.4. The highest BCUT2D eigenvalue weighted by Crippen LogP contribution is 2.31. The number of carbonyl (C=O) groups excluding carboxylic acids is 2. The average molecular weight is 422 g/mol. The molecule has 30 heavy (non-hydrogen) atoms. The molecule has 0 aromatic heterocycles. The summed E-state index contributed by atoms with van der Waals surface area (Å²) >= 11 is 0. The molecule has 0 spiro atoms. The Hall–Kier alpha value is -3.65. The van der Waals surface area contributed by atoms with Crippen molar-refractivity contribution >= 4 is 33.2 Å². The molecule has 7 nitrogen and oxygen atoms in total. The fourth-order valence-electron chi connectivity index (χ4n) is 3.10. The number of amides is 2. The minimum atomic E-state index is -3.91. The maximum Gasteiger partial charge on any atom is 0.262 e. The highest BCUT2D eigenvalue weighted by Gasteiger charge is 2.30. The van der Waals surface area contributed by atoms with E-state index in [-0.39, 0.29) is 35.2 Å². The van der Waals surface area contributed by atoms with Gasteiger partial charge >= 0.3 is 0 Å². The molecule has 1 N–H and O–H groups in total. The van der Waals surface area contributed by atoms with Gasteiger partial charge in [-0.3, -0.25) is 19.2 Å².